The molecule has 21 heavy (non-hydrogen) atoms. The van der Waals surface area contributed by atoms with Gasteiger partial charge in [0.25, 0.3) is 0 Å². The van der Waals surface area contributed by atoms with Gasteiger partial charge in [-0.2, -0.15) is 0 Å². The summed E-state index contributed by atoms with van der Waals surface area (Å²) < 4.78 is 19.8. The molecule has 5 nitrogen and oxygen atoms in total. The number of hydrogen-bond acceptors (Lipinski definition) is 5. The van der Waals surface area contributed by atoms with Gasteiger partial charge in [-0.25, -0.2) is 0 Å². The fourth-order valence-corrected chi connectivity index (χ4v) is 2.21. The predicted molar refractivity (Wildman–Crippen MR) is 85.9 cm³/mol. The lowest BCUT2D eigenvalue weighted by Crippen LogP contribution is -2.36. The first-order chi connectivity index (χ1) is 10.1. The van der Waals surface area contributed by atoms with Crippen LogP contribution in [-0.4, -0.2) is 76.4 Å². The average Bonchev–Trinajstić information content (AvgIpc) is 2.52. The van der Waals surface area contributed by atoms with Gasteiger partial charge in [0.15, 0.2) is 0 Å². The first-order valence-corrected chi connectivity index (χ1v) is 8.16. The van der Waals surface area contributed by atoms with E-state index in [1.165, 1.54) is 0 Å². The Morgan fingerprint density at radius 2 is 0.857 bits per heavy atom. The van der Waals surface area contributed by atoms with Crippen LogP contribution in [0.25, 0.3) is 0 Å². The average molecular weight is 305 g/mol. The highest BCUT2D eigenvalue weighted by atomic mass is 16.6. The van der Waals surface area contributed by atoms with E-state index >= 15 is 0 Å². The minimum Gasteiger partial charge on any atom is -0.377 e. The van der Waals surface area contributed by atoms with Gasteiger partial charge in [0.2, 0.25) is 0 Å². The summed E-state index contributed by atoms with van der Waals surface area (Å²) in [5.41, 5.74) is 0. The topological polar surface area (TPSA) is 40.2 Å². The van der Waals surface area contributed by atoms with Crippen LogP contribution in [0, 0.1) is 0 Å². The lowest BCUT2D eigenvalue weighted by Gasteiger charge is -2.28. The van der Waals surface area contributed by atoms with E-state index in [2.05, 4.69) is 39.5 Å². The van der Waals surface area contributed by atoms with Gasteiger partial charge < -0.3 is 18.9 Å². The molecule has 128 valence electrons. The van der Waals surface area contributed by atoms with Gasteiger partial charge >= 0.3 is 0 Å². The molecule has 0 aromatic carbocycles. The smallest absolute Gasteiger partial charge is 0.0701 e. The van der Waals surface area contributed by atoms with E-state index in [9.17, 15) is 0 Å². The Morgan fingerprint density at radius 1 is 0.619 bits per heavy atom. The summed E-state index contributed by atoms with van der Waals surface area (Å²) in [7, 11) is 0. The second-order valence-corrected chi connectivity index (χ2v) is 5.47. The molecule has 2 aliphatic rings. The SMILES string of the molecule is C1COCCO1.C1COCCO1.CCN(C(C)C)C(C)C. The zero-order chi connectivity index (χ0) is 15.9. The van der Waals surface area contributed by atoms with Crippen molar-refractivity contribution >= 4 is 0 Å². The molecule has 0 aromatic rings. The molecule has 0 bridgehead atoms. The van der Waals surface area contributed by atoms with Crippen LogP contribution < -0.4 is 0 Å². The normalized spacial score (nSPS) is 18.9. The fraction of sp³-hybridized carbons (Fsp3) is 1.00. The number of ether oxygens (including phenoxy) is 4. The lowest BCUT2D eigenvalue weighted by atomic mass is 10.2. The van der Waals surface area contributed by atoms with E-state index in [1.807, 2.05) is 0 Å². The number of rotatable bonds is 3. The van der Waals surface area contributed by atoms with Crippen molar-refractivity contribution in [2.24, 2.45) is 0 Å². The molecule has 5 heteroatoms. The summed E-state index contributed by atoms with van der Waals surface area (Å²) in [6, 6.07) is 1.38. The summed E-state index contributed by atoms with van der Waals surface area (Å²) in [6.07, 6.45) is 0. The molecule has 0 aromatic heterocycles. The first kappa shape index (κ1) is 20.8. The Labute approximate surface area is 130 Å². The molecule has 2 saturated heterocycles. The third-order valence-corrected chi connectivity index (χ3v) is 3.18. The van der Waals surface area contributed by atoms with Gasteiger partial charge in [-0.1, -0.05) is 6.92 Å². The van der Waals surface area contributed by atoms with Crippen LogP contribution in [0.3, 0.4) is 0 Å². The highest BCUT2D eigenvalue weighted by Crippen LogP contribution is 2.02. The second kappa shape index (κ2) is 14.7. The molecule has 0 spiro atoms. The van der Waals surface area contributed by atoms with Crippen LogP contribution in [0.5, 0.6) is 0 Å². The summed E-state index contributed by atoms with van der Waals surface area (Å²) in [6.45, 7) is 18.6. The molecule has 0 radical (unpaired) electrons. The molecule has 0 amide bonds. The maximum absolute atomic E-state index is 4.94. The molecule has 0 unspecified atom stereocenters. The summed E-state index contributed by atoms with van der Waals surface area (Å²) >= 11 is 0. The van der Waals surface area contributed by atoms with Gasteiger partial charge in [-0.15, -0.1) is 0 Å². The van der Waals surface area contributed by atoms with Crippen molar-refractivity contribution < 1.29 is 18.9 Å². The van der Waals surface area contributed by atoms with E-state index in [4.69, 9.17) is 18.9 Å². The van der Waals surface area contributed by atoms with Crippen LogP contribution in [0.2, 0.25) is 0 Å². The Balaban J connectivity index is 0.000000293. The highest BCUT2D eigenvalue weighted by molar-refractivity contribution is 4.64. The van der Waals surface area contributed by atoms with Crippen LogP contribution in [-0.2, 0) is 18.9 Å². The molecule has 0 saturated carbocycles. The minimum atomic E-state index is 0.690. The molecule has 2 fully saturated rings. The zero-order valence-corrected chi connectivity index (χ0v) is 14.6. The summed E-state index contributed by atoms with van der Waals surface area (Å²) in [4.78, 5) is 2.46. The largest absolute Gasteiger partial charge is 0.377 e. The first-order valence-electron chi connectivity index (χ1n) is 8.16. The van der Waals surface area contributed by atoms with E-state index in [0.29, 0.717) is 12.1 Å². The van der Waals surface area contributed by atoms with Crippen molar-refractivity contribution in [1.82, 2.24) is 4.90 Å². The van der Waals surface area contributed by atoms with Crippen molar-refractivity contribution in [2.45, 2.75) is 46.7 Å². The van der Waals surface area contributed by atoms with E-state index in [0.717, 1.165) is 59.4 Å². The quantitative estimate of drug-likeness (QED) is 0.799. The standard InChI is InChI=1S/C8H19N.2C4H8O2/c1-6-9(7(2)3)8(4)5;2*1-2-6-4-3-5-1/h7-8H,6H2,1-5H3;2*1-4H2. The van der Waals surface area contributed by atoms with Crippen LogP contribution >= 0.6 is 0 Å². The Morgan fingerprint density at radius 3 is 0.905 bits per heavy atom. The predicted octanol–water partition coefficient (Wildman–Crippen LogP) is 2.19. The number of hydrogen-bond donors (Lipinski definition) is 0. The Bertz CT molecular complexity index is 161. The van der Waals surface area contributed by atoms with Crippen molar-refractivity contribution in [1.29, 1.82) is 0 Å². The van der Waals surface area contributed by atoms with Crippen molar-refractivity contribution in [3.63, 3.8) is 0 Å². The van der Waals surface area contributed by atoms with Crippen molar-refractivity contribution in [3.8, 4) is 0 Å². The van der Waals surface area contributed by atoms with Gasteiger partial charge in [0.05, 0.1) is 52.9 Å². The summed E-state index contributed by atoms with van der Waals surface area (Å²) in [5.74, 6) is 0. The fourth-order valence-electron chi connectivity index (χ4n) is 2.21. The van der Waals surface area contributed by atoms with Gasteiger partial charge in [0.1, 0.15) is 0 Å². The molecule has 2 rings (SSSR count). The third-order valence-electron chi connectivity index (χ3n) is 3.18. The van der Waals surface area contributed by atoms with Crippen LogP contribution in [0.1, 0.15) is 34.6 Å². The maximum atomic E-state index is 4.94. The van der Waals surface area contributed by atoms with Gasteiger partial charge in [-0.3, -0.25) is 4.90 Å². The molecule has 0 N–H and O–H groups in total. The van der Waals surface area contributed by atoms with Crippen LogP contribution in [0.4, 0.5) is 0 Å². The minimum absolute atomic E-state index is 0.690. The molecule has 0 aliphatic carbocycles. The monoisotopic (exact) mass is 305 g/mol. The van der Waals surface area contributed by atoms with Gasteiger partial charge in [-0.05, 0) is 34.2 Å². The molecule has 2 heterocycles. The zero-order valence-electron chi connectivity index (χ0n) is 14.6. The van der Waals surface area contributed by atoms with E-state index < -0.39 is 0 Å². The second-order valence-electron chi connectivity index (χ2n) is 5.47. The molecule has 2 aliphatic heterocycles. The summed E-state index contributed by atoms with van der Waals surface area (Å²) in [5, 5.41) is 0. The highest BCUT2D eigenvalue weighted by Gasteiger charge is 2.09. The lowest BCUT2D eigenvalue weighted by molar-refractivity contribution is -0.0334. The Hall–Kier alpha value is -0.200. The molecular weight excluding hydrogens is 270 g/mol. The maximum Gasteiger partial charge on any atom is 0.0701 e. The van der Waals surface area contributed by atoms with Crippen LogP contribution in [0.15, 0.2) is 0 Å². The third kappa shape index (κ3) is 13.2. The van der Waals surface area contributed by atoms with Crippen molar-refractivity contribution in [3.05, 3.63) is 0 Å². The molecular formula is C16H35NO4. The van der Waals surface area contributed by atoms with Gasteiger partial charge in [0, 0.05) is 12.1 Å². The van der Waals surface area contributed by atoms with E-state index in [1.54, 1.807) is 0 Å². The Kier molecular flexibility index (Phi) is 14.6. The molecule has 0 atom stereocenters. The van der Waals surface area contributed by atoms with Crippen molar-refractivity contribution in [2.75, 3.05) is 59.4 Å². The number of nitrogens with zero attached hydrogens (tertiary/aromatic N) is 1. The van der Waals surface area contributed by atoms with E-state index in [-0.39, 0.29) is 0 Å².